The highest BCUT2D eigenvalue weighted by Gasteiger charge is 2.34. The van der Waals surface area contributed by atoms with Gasteiger partial charge < -0.3 is 4.57 Å². The van der Waals surface area contributed by atoms with E-state index in [-0.39, 0.29) is 17.4 Å². The number of hydrogen-bond acceptors (Lipinski definition) is 2. The van der Waals surface area contributed by atoms with E-state index in [1.54, 1.807) is 0 Å². The summed E-state index contributed by atoms with van der Waals surface area (Å²) in [6.07, 6.45) is 0.940. The summed E-state index contributed by atoms with van der Waals surface area (Å²) < 4.78 is 2.62. The van der Waals surface area contributed by atoms with E-state index in [0.29, 0.717) is 11.3 Å². The molecule has 0 fully saturated rings. The minimum absolute atomic E-state index is 0.0322. The van der Waals surface area contributed by atoms with Crippen molar-refractivity contribution in [2.75, 3.05) is 0 Å². The molecule has 1 aromatic heterocycles. The van der Waals surface area contributed by atoms with Gasteiger partial charge in [0.05, 0.1) is 6.54 Å². The van der Waals surface area contributed by atoms with Crippen LogP contribution in [0.1, 0.15) is 47.6 Å². The maximum Gasteiger partial charge on any atom is 0.255 e. The van der Waals surface area contributed by atoms with Crippen molar-refractivity contribution in [3.05, 3.63) is 98.2 Å². The first kappa shape index (κ1) is 16.0. The Morgan fingerprint density at radius 3 is 2.40 bits per heavy atom. The Morgan fingerprint density at radius 1 is 1.08 bits per heavy atom. The first-order valence-corrected chi connectivity index (χ1v) is 9.01. The molecule has 0 saturated heterocycles. The first-order chi connectivity index (χ1) is 12.1. The van der Waals surface area contributed by atoms with E-state index >= 15 is 0 Å². The minimum atomic E-state index is -0.0322. The normalized spacial score (nSPS) is 18.9. The van der Waals surface area contributed by atoms with E-state index in [9.17, 15) is 4.79 Å². The molecular formula is C21H20N2OS. The van der Waals surface area contributed by atoms with Crippen molar-refractivity contribution in [2.45, 2.75) is 31.7 Å². The Hall–Kier alpha value is -2.46. The molecule has 1 aliphatic carbocycles. The zero-order chi connectivity index (χ0) is 17.4. The Bertz CT molecular complexity index is 1010. The molecule has 25 heavy (non-hydrogen) atoms. The van der Waals surface area contributed by atoms with Gasteiger partial charge >= 0.3 is 0 Å². The van der Waals surface area contributed by atoms with Crippen molar-refractivity contribution in [3.63, 3.8) is 0 Å². The summed E-state index contributed by atoms with van der Waals surface area (Å²) in [5.74, 6) is 0.431. The van der Waals surface area contributed by atoms with Gasteiger partial charge in [0.25, 0.3) is 5.56 Å². The van der Waals surface area contributed by atoms with Gasteiger partial charge in [-0.25, -0.2) is 0 Å². The standard InChI is InChI=1S/C21H20N2OS/c1-14-12-17(16-10-6-3-7-11-16)19-18(14)20(24)22-21(25)23(19)13-15-8-4-2-5-9-15/h2-11,14,17H,12-13H2,1H3,(H,22,24,25)/t14-,17+/m1/s1. The van der Waals surface area contributed by atoms with Crippen LogP contribution >= 0.6 is 12.2 Å². The number of nitrogens with one attached hydrogen (secondary N) is 1. The van der Waals surface area contributed by atoms with Crippen molar-refractivity contribution in [1.82, 2.24) is 9.55 Å². The Labute approximate surface area is 152 Å². The lowest BCUT2D eigenvalue weighted by atomic mass is 9.95. The van der Waals surface area contributed by atoms with E-state index in [0.717, 1.165) is 17.7 Å². The van der Waals surface area contributed by atoms with Gasteiger partial charge in [-0.3, -0.25) is 9.78 Å². The average molecular weight is 348 g/mol. The van der Waals surface area contributed by atoms with Gasteiger partial charge in [0.2, 0.25) is 0 Å². The van der Waals surface area contributed by atoms with E-state index in [1.807, 2.05) is 24.3 Å². The highest BCUT2D eigenvalue weighted by Crippen LogP contribution is 2.43. The molecule has 0 saturated carbocycles. The van der Waals surface area contributed by atoms with Crippen LogP contribution in [0, 0.1) is 4.77 Å². The Balaban J connectivity index is 1.92. The lowest BCUT2D eigenvalue weighted by Crippen LogP contribution is -2.22. The van der Waals surface area contributed by atoms with E-state index in [4.69, 9.17) is 12.2 Å². The molecule has 0 bridgehead atoms. The molecule has 3 nitrogen and oxygen atoms in total. The molecule has 4 heteroatoms. The highest BCUT2D eigenvalue weighted by molar-refractivity contribution is 7.71. The fraction of sp³-hybridized carbons (Fsp3) is 0.238. The molecule has 0 spiro atoms. The maximum atomic E-state index is 12.6. The van der Waals surface area contributed by atoms with Crippen LogP contribution in [0.4, 0.5) is 0 Å². The summed E-state index contributed by atoms with van der Waals surface area (Å²) in [5.41, 5.74) is 4.36. The van der Waals surface area contributed by atoms with Crippen LogP contribution in [0.5, 0.6) is 0 Å². The molecule has 2 aromatic carbocycles. The van der Waals surface area contributed by atoms with Crippen LogP contribution in [-0.4, -0.2) is 9.55 Å². The van der Waals surface area contributed by atoms with Gasteiger partial charge in [-0.2, -0.15) is 0 Å². The average Bonchev–Trinajstić information content (AvgIpc) is 2.98. The topological polar surface area (TPSA) is 37.8 Å². The predicted octanol–water partition coefficient (Wildman–Crippen LogP) is 4.59. The molecule has 0 unspecified atom stereocenters. The van der Waals surface area contributed by atoms with Crippen molar-refractivity contribution >= 4 is 12.2 Å². The molecule has 1 N–H and O–H groups in total. The second-order valence-electron chi connectivity index (χ2n) is 6.73. The summed E-state index contributed by atoms with van der Waals surface area (Å²) in [6, 6.07) is 20.7. The SMILES string of the molecule is C[C@@H]1C[C@@H](c2ccccc2)c2c1c(=O)[nH]c(=S)n2Cc1ccccc1. The third kappa shape index (κ3) is 2.87. The Morgan fingerprint density at radius 2 is 1.72 bits per heavy atom. The molecule has 4 rings (SSSR count). The van der Waals surface area contributed by atoms with Gasteiger partial charge in [0.15, 0.2) is 4.77 Å². The minimum Gasteiger partial charge on any atom is -0.317 e. The zero-order valence-electron chi connectivity index (χ0n) is 14.1. The first-order valence-electron chi connectivity index (χ1n) is 8.61. The number of H-pyrrole nitrogens is 1. The van der Waals surface area contributed by atoms with Crippen molar-refractivity contribution < 1.29 is 0 Å². The quantitative estimate of drug-likeness (QED) is 0.703. The molecular weight excluding hydrogens is 328 g/mol. The fourth-order valence-electron chi connectivity index (χ4n) is 3.94. The molecule has 0 amide bonds. The summed E-state index contributed by atoms with van der Waals surface area (Å²) in [7, 11) is 0. The Kier molecular flexibility index (Phi) is 4.14. The molecule has 126 valence electrons. The van der Waals surface area contributed by atoms with Crippen LogP contribution < -0.4 is 5.56 Å². The van der Waals surface area contributed by atoms with Gasteiger partial charge in [-0.1, -0.05) is 67.6 Å². The summed E-state index contributed by atoms with van der Waals surface area (Å²) in [4.78, 5) is 15.5. The smallest absolute Gasteiger partial charge is 0.255 e. The summed E-state index contributed by atoms with van der Waals surface area (Å²) in [5, 5.41) is 0. The molecule has 0 aliphatic heterocycles. The third-order valence-electron chi connectivity index (χ3n) is 5.07. The molecule has 1 heterocycles. The van der Waals surface area contributed by atoms with Crippen molar-refractivity contribution in [3.8, 4) is 0 Å². The summed E-state index contributed by atoms with van der Waals surface area (Å²) >= 11 is 5.53. The number of hydrogen-bond donors (Lipinski definition) is 1. The lowest BCUT2D eigenvalue weighted by molar-refractivity contribution is 0.644. The number of fused-ring (bicyclic) bond motifs is 1. The van der Waals surface area contributed by atoms with Gasteiger partial charge in [-0.05, 0) is 35.7 Å². The second kappa shape index (κ2) is 6.45. The van der Waals surface area contributed by atoms with Crippen LogP contribution in [0.2, 0.25) is 0 Å². The second-order valence-corrected chi connectivity index (χ2v) is 7.12. The molecule has 0 radical (unpaired) electrons. The van der Waals surface area contributed by atoms with Crippen molar-refractivity contribution in [2.24, 2.45) is 0 Å². The van der Waals surface area contributed by atoms with Crippen LogP contribution in [0.25, 0.3) is 0 Å². The number of aromatic nitrogens is 2. The van der Waals surface area contributed by atoms with E-state index in [1.165, 1.54) is 11.1 Å². The fourth-order valence-corrected chi connectivity index (χ4v) is 4.20. The van der Waals surface area contributed by atoms with Gasteiger partial charge in [0.1, 0.15) is 0 Å². The third-order valence-corrected chi connectivity index (χ3v) is 5.40. The zero-order valence-corrected chi connectivity index (χ0v) is 14.9. The molecule has 1 aliphatic rings. The monoisotopic (exact) mass is 348 g/mol. The molecule has 3 aromatic rings. The van der Waals surface area contributed by atoms with E-state index < -0.39 is 0 Å². The highest BCUT2D eigenvalue weighted by atomic mass is 32.1. The molecule has 2 atom stereocenters. The number of aromatic amines is 1. The van der Waals surface area contributed by atoms with Crippen molar-refractivity contribution in [1.29, 1.82) is 0 Å². The predicted molar refractivity (Wildman–Crippen MR) is 103 cm³/mol. The number of nitrogens with zero attached hydrogens (tertiary/aromatic N) is 1. The van der Waals surface area contributed by atoms with Crippen LogP contribution in [-0.2, 0) is 6.54 Å². The number of rotatable bonds is 3. The van der Waals surface area contributed by atoms with Gasteiger partial charge in [-0.15, -0.1) is 0 Å². The van der Waals surface area contributed by atoms with Gasteiger partial charge in [0, 0.05) is 17.2 Å². The largest absolute Gasteiger partial charge is 0.317 e. The van der Waals surface area contributed by atoms with E-state index in [2.05, 4.69) is 52.9 Å². The van der Waals surface area contributed by atoms with Crippen LogP contribution in [0.3, 0.4) is 0 Å². The lowest BCUT2D eigenvalue weighted by Gasteiger charge is -2.19. The summed E-state index contributed by atoms with van der Waals surface area (Å²) in [6.45, 7) is 2.81. The van der Waals surface area contributed by atoms with Crippen LogP contribution in [0.15, 0.2) is 65.5 Å². The number of benzene rings is 2. The maximum absolute atomic E-state index is 12.6.